The highest BCUT2D eigenvalue weighted by atomic mass is 32.2. The van der Waals surface area contributed by atoms with Crippen molar-refractivity contribution in [2.24, 2.45) is 10.4 Å². The van der Waals surface area contributed by atoms with Crippen molar-refractivity contribution < 1.29 is 30.8 Å². The summed E-state index contributed by atoms with van der Waals surface area (Å²) < 4.78 is 61.4. The minimum absolute atomic E-state index is 0.341. The second-order valence-corrected chi connectivity index (χ2v) is 5.76. The molecule has 9 nitrogen and oxygen atoms in total. The molecule has 100 valence electrons. The summed E-state index contributed by atoms with van der Waals surface area (Å²) in [6, 6.07) is 2.39. The lowest BCUT2D eigenvalue weighted by molar-refractivity contribution is 0.190. The van der Waals surface area contributed by atoms with Crippen molar-refractivity contribution in [3.05, 3.63) is 18.2 Å². The van der Waals surface area contributed by atoms with Crippen molar-refractivity contribution >= 4 is 25.9 Å². The van der Waals surface area contributed by atoms with E-state index in [0.717, 1.165) is 19.2 Å². The molecule has 0 saturated heterocycles. The van der Waals surface area contributed by atoms with Gasteiger partial charge in [-0.15, -0.1) is 5.11 Å². The molecule has 11 heteroatoms. The van der Waals surface area contributed by atoms with E-state index in [4.69, 9.17) is 9.11 Å². The summed E-state index contributed by atoms with van der Waals surface area (Å²) in [4.78, 5) is 2.70. The topological polar surface area (TPSA) is 143 Å². The fraction of sp³-hybridized carbons (Fsp3) is 0.143. The Labute approximate surface area is 103 Å². The van der Waals surface area contributed by atoms with Crippen LogP contribution in [0.25, 0.3) is 0 Å². The fourth-order valence-electron chi connectivity index (χ4n) is 1.03. The lowest BCUT2D eigenvalue weighted by atomic mass is 10.3. The maximum Gasteiger partial charge on any atom is 0.296 e. The van der Waals surface area contributed by atoms with E-state index in [1.165, 1.54) is 0 Å². The van der Waals surface area contributed by atoms with Crippen LogP contribution in [0.2, 0.25) is 0 Å². The maximum atomic E-state index is 11.0. The molecule has 0 atom stereocenters. The third-order valence-electron chi connectivity index (χ3n) is 1.74. The molecule has 0 aliphatic heterocycles. The molecule has 2 N–H and O–H groups in total. The standard InChI is InChI=1S/C7H8N2O7S2/c1-16-9-8-6-3-2-5(17(10,11)12)4-7(6)18(13,14)15/h2-4H,1H3,(H,10,11,12)(H,13,14,15). The average molecular weight is 296 g/mol. The fourth-order valence-corrected chi connectivity index (χ4v) is 2.26. The molecule has 0 heterocycles. The van der Waals surface area contributed by atoms with Gasteiger partial charge in [0.25, 0.3) is 20.2 Å². The monoisotopic (exact) mass is 296 g/mol. The molecule has 0 unspecified atom stereocenters. The van der Waals surface area contributed by atoms with E-state index in [9.17, 15) is 16.8 Å². The van der Waals surface area contributed by atoms with E-state index in [1.807, 2.05) is 0 Å². The number of hydrogen-bond donors (Lipinski definition) is 2. The zero-order valence-corrected chi connectivity index (χ0v) is 10.5. The first-order chi connectivity index (χ1) is 8.16. The summed E-state index contributed by atoms with van der Waals surface area (Å²) in [5.74, 6) is 0. The summed E-state index contributed by atoms with van der Waals surface area (Å²) in [7, 11) is -8.18. The Kier molecular flexibility index (Phi) is 4.01. The normalized spacial score (nSPS) is 12.8. The van der Waals surface area contributed by atoms with Gasteiger partial charge in [-0.2, -0.15) is 16.8 Å². The van der Waals surface area contributed by atoms with Crippen molar-refractivity contribution in [2.75, 3.05) is 7.11 Å². The summed E-state index contributed by atoms with van der Waals surface area (Å²) in [6.07, 6.45) is 0. The summed E-state index contributed by atoms with van der Waals surface area (Å²) in [5, 5.41) is 6.35. The van der Waals surface area contributed by atoms with Gasteiger partial charge in [0.05, 0.1) is 4.90 Å². The van der Waals surface area contributed by atoms with E-state index in [2.05, 4.69) is 15.2 Å². The number of benzene rings is 1. The predicted octanol–water partition coefficient (Wildman–Crippen LogP) is 0.825. The molecule has 1 rings (SSSR count). The third kappa shape index (κ3) is 3.46. The minimum atomic E-state index is -4.73. The number of rotatable bonds is 4. The first-order valence-corrected chi connectivity index (χ1v) is 7.07. The predicted molar refractivity (Wildman–Crippen MR) is 57.6 cm³/mol. The van der Waals surface area contributed by atoms with Crippen molar-refractivity contribution in [1.29, 1.82) is 0 Å². The zero-order chi connectivity index (χ0) is 14.0. The molecule has 1 aromatic carbocycles. The van der Waals surface area contributed by atoms with Crippen LogP contribution in [0.1, 0.15) is 0 Å². The molecule has 0 aliphatic rings. The molecule has 0 fully saturated rings. The SMILES string of the molecule is CON=Nc1ccc(S(=O)(=O)O)cc1S(=O)(=O)O. The lowest BCUT2D eigenvalue weighted by Gasteiger charge is -2.03. The molecular formula is C7H8N2O7S2. The largest absolute Gasteiger partial charge is 0.383 e. The molecule has 18 heavy (non-hydrogen) atoms. The van der Waals surface area contributed by atoms with Gasteiger partial charge in [-0.05, 0) is 18.2 Å². The van der Waals surface area contributed by atoms with Gasteiger partial charge < -0.3 is 4.84 Å². The van der Waals surface area contributed by atoms with Crippen LogP contribution in [-0.2, 0) is 25.1 Å². The molecular weight excluding hydrogens is 288 g/mol. The van der Waals surface area contributed by atoms with Crippen molar-refractivity contribution in [3.8, 4) is 0 Å². The van der Waals surface area contributed by atoms with Gasteiger partial charge in [-0.25, -0.2) is 0 Å². The summed E-state index contributed by atoms with van der Waals surface area (Å²) in [5.41, 5.74) is -0.341. The van der Waals surface area contributed by atoms with E-state index in [1.54, 1.807) is 0 Å². The van der Waals surface area contributed by atoms with Crippen LogP contribution in [-0.4, -0.2) is 33.1 Å². The van der Waals surface area contributed by atoms with Gasteiger partial charge in [-0.1, -0.05) is 0 Å². The Morgan fingerprint density at radius 2 is 1.72 bits per heavy atom. The van der Waals surface area contributed by atoms with Gasteiger partial charge in [0.2, 0.25) is 0 Å². The van der Waals surface area contributed by atoms with E-state index < -0.39 is 30.0 Å². The Balaban J connectivity index is 3.54. The van der Waals surface area contributed by atoms with Gasteiger partial charge in [0, 0.05) is 5.28 Å². The van der Waals surface area contributed by atoms with Crippen LogP contribution in [0.4, 0.5) is 5.69 Å². The Morgan fingerprint density at radius 1 is 1.11 bits per heavy atom. The summed E-state index contributed by atoms with van der Waals surface area (Å²) in [6.45, 7) is 0. The molecule has 0 radical (unpaired) electrons. The Morgan fingerprint density at radius 3 is 2.17 bits per heavy atom. The van der Waals surface area contributed by atoms with Gasteiger partial charge in [0.15, 0.2) is 0 Å². The maximum absolute atomic E-state index is 11.0. The van der Waals surface area contributed by atoms with Gasteiger partial charge in [0.1, 0.15) is 17.7 Å². The third-order valence-corrected chi connectivity index (χ3v) is 3.47. The zero-order valence-electron chi connectivity index (χ0n) is 8.88. The Bertz CT molecular complexity index is 678. The van der Waals surface area contributed by atoms with Crippen molar-refractivity contribution in [3.63, 3.8) is 0 Å². The van der Waals surface area contributed by atoms with Crippen molar-refractivity contribution in [1.82, 2.24) is 0 Å². The second kappa shape index (κ2) is 4.97. The Hall–Kier alpha value is -1.56. The first kappa shape index (κ1) is 14.5. The van der Waals surface area contributed by atoms with Crippen LogP contribution >= 0.6 is 0 Å². The van der Waals surface area contributed by atoms with Crippen LogP contribution in [0, 0.1) is 0 Å². The van der Waals surface area contributed by atoms with Crippen LogP contribution in [0.15, 0.2) is 38.4 Å². The highest BCUT2D eigenvalue weighted by Crippen LogP contribution is 2.27. The van der Waals surface area contributed by atoms with Crippen LogP contribution in [0.3, 0.4) is 0 Å². The van der Waals surface area contributed by atoms with Crippen LogP contribution in [0.5, 0.6) is 0 Å². The quantitative estimate of drug-likeness (QED) is 0.475. The number of hydrogen-bond acceptors (Lipinski definition) is 7. The summed E-state index contributed by atoms with van der Waals surface area (Å²) >= 11 is 0. The first-order valence-electron chi connectivity index (χ1n) is 4.19. The van der Waals surface area contributed by atoms with Gasteiger partial charge >= 0.3 is 0 Å². The lowest BCUT2D eigenvalue weighted by Crippen LogP contribution is -2.03. The average Bonchev–Trinajstić information content (AvgIpc) is 2.23. The molecule has 0 bridgehead atoms. The molecule has 0 saturated carbocycles. The van der Waals surface area contributed by atoms with Gasteiger partial charge in [-0.3, -0.25) is 9.11 Å². The second-order valence-electron chi connectivity index (χ2n) is 2.94. The highest BCUT2D eigenvalue weighted by molar-refractivity contribution is 7.86. The van der Waals surface area contributed by atoms with E-state index >= 15 is 0 Å². The van der Waals surface area contributed by atoms with Crippen LogP contribution < -0.4 is 0 Å². The minimum Gasteiger partial charge on any atom is -0.383 e. The molecule has 0 amide bonds. The molecule has 0 aromatic heterocycles. The molecule has 0 aliphatic carbocycles. The smallest absolute Gasteiger partial charge is 0.296 e. The van der Waals surface area contributed by atoms with Crippen molar-refractivity contribution in [2.45, 2.75) is 9.79 Å². The van der Waals surface area contributed by atoms with E-state index in [-0.39, 0.29) is 5.69 Å². The molecule has 1 aromatic rings. The number of nitrogens with zero attached hydrogens (tertiary/aromatic N) is 2. The highest BCUT2D eigenvalue weighted by Gasteiger charge is 2.20. The van der Waals surface area contributed by atoms with E-state index in [0.29, 0.717) is 6.07 Å². The molecule has 0 spiro atoms.